The van der Waals surface area contributed by atoms with Crippen molar-refractivity contribution in [1.29, 1.82) is 0 Å². The first kappa shape index (κ1) is 14.6. The summed E-state index contributed by atoms with van der Waals surface area (Å²) in [6.45, 7) is 0.915. The van der Waals surface area contributed by atoms with Gasteiger partial charge in [0.2, 0.25) is 12.7 Å². The number of aliphatic carboxylic acids is 1. The summed E-state index contributed by atoms with van der Waals surface area (Å²) in [4.78, 5) is 24.4. The molecule has 1 aromatic carbocycles. The maximum atomic E-state index is 11.8. The molecule has 0 aliphatic carbocycles. The number of hydrogen-bond donors (Lipinski definition) is 2. The molecule has 22 heavy (non-hydrogen) atoms. The normalized spacial score (nSPS) is 20.1. The van der Waals surface area contributed by atoms with Gasteiger partial charge in [0, 0.05) is 6.04 Å². The molecule has 1 atom stereocenters. The number of rotatable bonds is 5. The van der Waals surface area contributed by atoms with Crippen LogP contribution in [0.1, 0.15) is 24.4 Å². The van der Waals surface area contributed by atoms with Crippen molar-refractivity contribution < 1.29 is 24.2 Å². The number of nitrogens with one attached hydrogen (secondary N) is 1. The molecule has 118 valence electrons. The monoisotopic (exact) mass is 306 g/mol. The molecular weight excluding hydrogens is 288 g/mol. The van der Waals surface area contributed by atoms with E-state index in [1.807, 2.05) is 18.2 Å². The second-order valence-electron chi connectivity index (χ2n) is 5.41. The van der Waals surface area contributed by atoms with Gasteiger partial charge >= 0.3 is 5.97 Å². The quantitative estimate of drug-likeness (QED) is 0.835. The Balaban J connectivity index is 1.65. The van der Waals surface area contributed by atoms with Gasteiger partial charge in [-0.3, -0.25) is 14.5 Å². The molecule has 2 aliphatic heterocycles. The molecule has 0 aromatic heterocycles. The third kappa shape index (κ3) is 3.14. The number of likely N-dealkylation sites (tertiary alicyclic amines) is 1. The Morgan fingerprint density at radius 2 is 2.14 bits per heavy atom. The van der Waals surface area contributed by atoms with Crippen LogP contribution in [0.2, 0.25) is 0 Å². The van der Waals surface area contributed by atoms with Crippen molar-refractivity contribution in [3.8, 4) is 11.5 Å². The molecule has 0 spiro atoms. The second-order valence-corrected chi connectivity index (χ2v) is 5.41. The maximum absolute atomic E-state index is 11.8. The minimum Gasteiger partial charge on any atom is -0.480 e. The SMILES string of the molecule is O=C(O)CNC(=O)CN1CCCC1c1ccc2c(c1)OCO2. The van der Waals surface area contributed by atoms with Crippen molar-refractivity contribution in [2.45, 2.75) is 18.9 Å². The number of ether oxygens (including phenoxy) is 2. The van der Waals surface area contributed by atoms with E-state index in [1.54, 1.807) is 0 Å². The van der Waals surface area contributed by atoms with E-state index >= 15 is 0 Å². The Hall–Kier alpha value is -2.28. The molecule has 7 heteroatoms. The average molecular weight is 306 g/mol. The number of amides is 1. The van der Waals surface area contributed by atoms with Crippen molar-refractivity contribution in [3.63, 3.8) is 0 Å². The summed E-state index contributed by atoms with van der Waals surface area (Å²) < 4.78 is 10.7. The van der Waals surface area contributed by atoms with E-state index in [1.165, 1.54) is 0 Å². The first-order chi connectivity index (χ1) is 10.6. The molecule has 2 N–H and O–H groups in total. The van der Waals surface area contributed by atoms with Crippen LogP contribution >= 0.6 is 0 Å². The highest BCUT2D eigenvalue weighted by Gasteiger charge is 2.29. The predicted octanol–water partition coefficient (Wildman–Crippen LogP) is 0.753. The highest BCUT2D eigenvalue weighted by Crippen LogP contribution is 2.38. The van der Waals surface area contributed by atoms with Gasteiger partial charge < -0.3 is 19.9 Å². The fraction of sp³-hybridized carbons (Fsp3) is 0.467. The zero-order valence-corrected chi connectivity index (χ0v) is 12.1. The third-order valence-electron chi connectivity index (χ3n) is 3.93. The van der Waals surface area contributed by atoms with Crippen LogP contribution < -0.4 is 14.8 Å². The molecule has 1 saturated heterocycles. The number of benzene rings is 1. The number of carboxylic acids is 1. The molecule has 1 unspecified atom stereocenters. The lowest BCUT2D eigenvalue weighted by Crippen LogP contribution is -2.39. The second kappa shape index (κ2) is 6.23. The molecule has 7 nitrogen and oxygen atoms in total. The summed E-state index contributed by atoms with van der Waals surface area (Å²) in [5.74, 6) is 0.171. The summed E-state index contributed by atoms with van der Waals surface area (Å²) in [5, 5.41) is 11.0. The first-order valence-corrected chi connectivity index (χ1v) is 7.25. The summed E-state index contributed by atoms with van der Waals surface area (Å²) >= 11 is 0. The van der Waals surface area contributed by atoms with Gasteiger partial charge in [-0.2, -0.15) is 0 Å². The standard InChI is InChI=1S/C15H18N2O5/c18-14(16-7-15(19)20)8-17-5-1-2-11(17)10-3-4-12-13(6-10)22-9-21-12/h3-4,6,11H,1-2,5,7-9H2,(H,16,18)(H,19,20). The van der Waals surface area contributed by atoms with Gasteiger partial charge in [-0.05, 0) is 37.1 Å². The van der Waals surface area contributed by atoms with Crippen molar-refractivity contribution >= 4 is 11.9 Å². The van der Waals surface area contributed by atoms with Gasteiger partial charge in [-0.15, -0.1) is 0 Å². The number of nitrogens with zero attached hydrogens (tertiary/aromatic N) is 1. The van der Waals surface area contributed by atoms with E-state index in [0.29, 0.717) is 0 Å². The Morgan fingerprint density at radius 1 is 1.32 bits per heavy atom. The van der Waals surface area contributed by atoms with E-state index in [2.05, 4.69) is 10.2 Å². The zero-order valence-electron chi connectivity index (χ0n) is 12.1. The Bertz CT molecular complexity index is 589. The van der Waals surface area contributed by atoms with Crippen LogP contribution in [0.3, 0.4) is 0 Å². The van der Waals surface area contributed by atoms with Crippen molar-refractivity contribution in [3.05, 3.63) is 23.8 Å². The topological polar surface area (TPSA) is 88.1 Å². The fourth-order valence-corrected chi connectivity index (χ4v) is 2.93. The van der Waals surface area contributed by atoms with Crippen molar-refractivity contribution in [2.75, 3.05) is 26.4 Å². The summed E-state index contributed by atoms with van der Waals surface area (Å²) in [6, 6.07) is 5.98. The number of hydrogen-bond acceptors (Lipinski definition) is 5. The molecular formula is C15H18N2O5. The van der Waals surface area contributed by atoms with Crippen LogP contribution in [0, 0.1) is 0 Å². The van der Waals surface area contributed by atoms with Gasteiger partial charge in [0.15, 0.2) is 11.5 Å². The Labute approximate surface area is 127 Å². The number of carboxylic acid groups (broad SMARTS) is 1. The van der Waals surface area contributed by atoms with Crippen molar-refractivity contribution in [2.24, 2.45) is 0 Å². The lowest BCUT2D eigenvalue weighted by atomic mass is 10.0. The maximum Gasteiger partial charge on any atom is 0.322 e. The van der Waals surface area contributed by atoms with Gasteiger partial charge in [-0.1, -0.05) is 6.07 Å². The highest BCUT2D eigenvalue weighted by atomic mass is 16.7. The van der Waals surface area contributed by atoms with E-state index in [-0.39, 0.29) is 31.8 Å². The smallest absolute Gasteiger partial charge is 0.322 e. The average Bonchev–Trinajstić information content (AvgIpc) is 3.12. The zero-order chi connectivity index (χ0) is 15.5. The fourth-order valence-electron chi connectivity index (χ4n) is 2.93. The van der Waals surface area contributed by atoms with Crippen LogP contribution in [-0.2, 0) is 9.59 Å². The molecule has 2 heterocycles. The van der Waals surface area contributed by atoms with Gasteiger partial charge in [0.1, 0.15) is 6.54 Å². The van der Waals surface area contributed by atoms with E-state index in [0.717, 1.165) is 36.4 Å². The predicted molar refractivity (Wildman–Crippen MR) is 76.8 cm³/mol. The molecule has 2 aliphatic rings. The number of fused-ring (bicyclic) bond motifs is 1. The third-order valence-corrected chi connectivity index (χ3v) is 3.93. The summed E-state index contributed by atoms with van der Waals surface area (Å²) in [6.07, 6.45) is 1.97. The van der Waals surface area contributed by atoms with E-state index in [9.17, 15) is 9.59 Å². The van der Waals surface area contributed by atoms with Gasteiger partial charge in [0.25, 0.3) is 0 Å². The lowest BCUT2D eigenvalue weighted by molar-refractivity contribution is -0.138. The molecule has 1 amide bonds. The summed E-state index contributed by atoms with van der Waals surface area (Å²) in [7, 11) is 0. The van der Waals surface area contributed by atoms with E-state index in [4.69, 9.17) is 14.6 Å². The number of carbonyl (C=O) groups excluding carboxylic acids is 1. The first-order valence-electron chi connectivity index (χ1n) is 7.25. The van der Waals surface area contributed by atoms with Gasteiger partial charge in [0.05, 0.1) is 6.54 Å². The highest BCUT2D eigenvalue weighted by molar-refractivity contribution is 5.82. The van der Waals surface area contributed by atoms with Crippen LogP contribution in [0.4, 0.5) is 0 Å². The molecule has 0 radical (unpaired) electrons. The molecule has 1 aromatic rings. The Morgan fingerprint density at radius 3 is 2.95 bits per heavy atom. The largest absolute Gasteiger partial charge is 0.480 e. The molecule has 3 rings (SSSR count). The molecule has 0 saturated carbocycles. The minimum absolute atomic E-state index is 0.144. The number of carbonyl (C=O) groups is 2. The molecule has 0 bridgehead atoms. The molecule has 1 fully saturated rings. The van der Waals surface area contributed by atoms with E-state index < -0.39 is 5.97 Å². The Kier molecular flexibility index (Phi) is 4.15. The van der Waals surface area contributed by atoms with Crippen LogP contribution in [0.15, 0.2) is 18.2 Å². The van der Waals surface area contributed by atoms with Crippen LogP contribution in [-0.4, -0.2) is 48.3 Å². The van der Waals surface area contributed by atoms with Crippen LogP contribution in [0.5, 0.6) is 11.5 Å². The van der Waals surface area contributed by atoms with Crippen LogP contribution in [0.25, 0.3) is 0 Å². The summed E-state index contributed by atoms with van der Waals surface area (Å²) in [5.41, 5.74) is 1.09. The minimum atomic E-state index is -1.04. The van der Waals surface area contributed by atoms with Gasteiger partial charge in [-0.25, -0.2) is 0 Å². The van der Waals surface area contributed by atoms with Crippen molar-refractivity contribution in [1.82, 2.24) is 10.2 Å². The lowest BCUT2D eigenvalue weighted by Gasteiger charge is -2.24.